The second-order valence-electron chi connectivity index (χ2n) is 7.25. The molecule has 4 nitrogen and oxygen atoms in total. The Morgan fingerprint density at radius 2 is 1.74 bits per heavy atom. The van der Waals surface area contributed by atoms with E-state index in [1.165, 1.54) is 11.3 Å². The van der Waals surface area contributed by atoms with E-state index in [-0.39, 0.29) is 0 Å². The predicted molar refractivity (Wildman–Crippen MR) is 111 cm³/mol. The molecule has 3 aromatic rings. The fourth-order valence-corrected chi connectivity index (χ4v) is 3.85. The molecule has 4 rings (SSSR count). The van der Waals surface area contributed by atoms with Crippen molar-refractivity contribution >= 4 is 16.5 Å². The Morgan fingerprint density at radius 3 is 2.48 bits per heavy atom. The number of nitrogens with zero attached hydrogens (tertiary/aromatic N) is 2. The van der Waals surface area contributed by atoms with Gasteiger partial charge in [0.2, 0.25) is 0 Å². The average Bonchev–Trinajstić information content (AvgIpc) is 2.70. The van der Waals surface area contributed by atoms with Crippen molar-refractivity contribution in [3.63, 3.8) is 0 Å². The Labute approximate surface area is 160 Å². The minimum absolute atomic E-state index is 0.358. The maximum atomic E-state index is 10.5. The monoisotopic (exact) mass is 362 g/mol. The van der Waals surface area contributed by atoms with E-state index in [9.17, 15) is 5.11 Å². The van der Waals surface area contributed by atoms with Crippen molar-refractivity contribution < 1.29 is 9.84 Å². The lowest BCUT2D eigenvalue weighted by atomic mass is 10.0. The van der Waals surface area contributed by atoms with E-state index in [1.807, 2.05) is 24.3 Å². The number of ether oxygens (including phenoxy) is 1. The lowest BCUT2D eigenvalue weighted by molar-refractivity contribution is 0.247. The summed E-state index contributed by atoms with van der Waals surface area (Å²) in [5.41, 5.74) is 3.58. The number of piperazine rings is 1. The second kappa shape index (κ2) is 7.49. The number of hydrogen-bond donors (Lipinski definition) is 1. The molecule has 0 atom stereocenters. The third-order valence-corrected chi connectivity index (χ3v) is 5.44. The summed E-state index contributed by atoms with van der Waals surface area (Å²) in [5, 5.41) is 12.7. The number of aryl methyl sites for hydroxylation is 1. The number of methoxy groups -OCH3 is 1. The molecule has 0 aliphatic carbocycles. The normalized spacial score (nSPS) is 15.3. The molecule has 1 aliphatic heterocycles. The Morgan fingerprint density at radius 1 is 0.963 bits per heavy atom. The van der Waals surface area contributed by atoms with Crippen molar-refractivity contribution in [2.45, 2.75) is 13.5 Å². The number of benzene rings is 3. The van der Waals surface area contributed by atoms with Crippen LogP contribution in [0.4, 0.5) is 5.69 Å². The highest BCUT2D eigenvalue weighted by molar-refractivity contribution is 5.89. The molecule has 1 saturated heterocycles. The molecule has 0 unspecified atom stereocenters. The van der Waals surface area contributed by atoms with Crippen LogP contribution in [0.5, 0.6) is 11.5 Å². The van der Waals surface area contributed by atoms with E-state index in [2.05, 4.69) is 41.0 Å². The summed E-state index contributed by atoms with van der Waals surface area (Å²) in [7, 11) is 1.67. The highest BCUT2D eigenvalue weighted by Gasteiger charge is 2.19. The summed E-state index contributed by atoms with van der Waals surface area (Å²) in [6.45, 7) is 6.84. The Balaban J connectivity index is 1.51. The van der Waals surface area contributed by atoms with Gasteiger partial charge in [0.1, 0.15) is 11.5 Å². The standard InChI is InChI=1S/C23H26N2O2/c1-17-4-3-5-19(14-17)25-12-10-24(11-13-25)16-22-21-15-20(27-2)8-6-18(21)7-9-23(22)26/h3-9,14-15,26H,10-13,16H2,1-2H3. The van der Waals surface area contributed by atoms with Crippen molar-refractivity contribution in [2.75, 3.05) is 38.2 Å². The van der Waals surface area contributed by atoms with Crippen LogP contribution in [0, 0.1) is 6.92 Å². The molecule has 1 heterocycles. The fraction of sp³-hybridized carbons (Fsp3) is 0.304. The molecular weight excluding hydrogens is 336 g/mol. The Hall–Kier alpha value is -2.72. The molecule has 3 aromatic carbocycles. The lowest BCUT2D eigenvalue weighted by Gasteiger charge is -2.36. The highest BCUT2D eigenvalue weighted by atomic mass is 16.5. The molecule has 0 aromatic heterocycles. The second-order valence-corrected chi connectivity index (χ2v) is 7.25. The van der Waals surface area contributed by atoms with Crippen LogP contribution in [0.2, 0.25) is 0 Å². The van der Waals surface area contributed by atoms with E-state index >= 15 is 0 Å². The first-order chi connectivity index (χ1) is 13.1. The Bertz CT molecular complexity index is 946. The van der Waals surface area contributed by atoms with Crippen LogP contribution in [0.1, 0.15) is 11.1 Å². The molecule has 27 heavy (non-hydrogen) atoms. The summed E-state index contributed by atoms with van der Waals surface area (Å²) in [6, 6.07) is 18.5. The lowest BCUT2D eigenvalue weighted by Crippen LogP contribution is -2.46. The number of aromatic hydroxyl groups is 1. The van der Waals surface area contributed by atoms with Gasteiger partial charge < -0.3 is 14.7 Å². The van der Waals surface area contributed by atoms with E-state index < -0.39 is 0 Å². The number of hydrogen-bond acceptors (Lipinski definition) is 4. The van der Waals surface area contributed by atoms with Crippen LogP contribution < -0.4 is 9.64 Å². The number of phenolic OH excluding ortho intramolecular Hbond substituents is 1. The Kier molecular flexibility index (Phi) is 4.90. The van der Waals surface area contributed by atoms with Gasteiger partial charge in [0, 0.05) is 44.0 Å². The summed E-state index contributed by atoms with van der Waals surface area (Å²) in [5.74, 6) is 1.18. The highest BCUT2D eigenvalue weighted by Crippen LogP contribution is 2.31. The largest absolute Gasteiger partial charge is 0.508 e. The molecule has 1 aliphatic rings. The van der Waals surface area contributed by atoms with Crippen LogP contribution in [-0.4, -0.2) is 43.3 Å². The van der Waals surface area contributed by atoms with Gasteiger partial charge in [-0.3, -0.25) is 4.90 Å². The zero-order valence-electron chi connectivity index (χ0n) is 16.0. The first-order valence-corrected chi connectivity index (χ1v) is 9.46. The van der Waals surface area contributed by atoms with Crippen molar-refractivity contribution in [1.29, 1.82) is 0 Å². The molecule has 0 radical (unpaired) electrons. The van der Waals surface area contributed by atoms with Crippen LogP contribution in [0.25, 0.3) is 10.8 Å². The van der Waals surface area contributed by atoms with Crippen molar-refractivity contribution in [3.8, 4) is 11.5 Å². The maximum absolute atomic E-state index is 10.5. The van der Waals surface area contributed by atoms with Gasteiger partial charge in [-0.05, 0) is 53.6 Å². The van der Waals surface area contributed by atoms with E-state index in [1.54, 1.807) is 13.2 Å². The maximum Gasteiger partial charge on any atom is 0.120 e. The van der Waals surface area contributed by atoms with Gasteiger partial charge in [0.05, 0.1) is 7.11 Å². The quantitative estimate of drug-likeness (QED) is 0.755. The van der Waals surface area contributed by atoms with E-state index in [4.69, 9.17) is 4.74 Å². The van der Waals surface area contributed by atoms with Gasteiger partial charge in [-0.25, -0.2) is 0 Å². The first kappa shape index (κ1) is 17.7. The molecule has 0 amide bonds. The zero-order chi connectivity index (χ0) is 18.8. The van der Waals surface area contributed by atoms with E-state index in [0.717, 1.165) is 54.8 Å². The fourth-order valence-electron chi connectivity index (χ4n) is 3.85. The summed E-state index contributed by atoms with van der Waals surface area (Å²) < 4.78 is 5.38. The molecule has 0 bridgehead atoms. The molecule has 1 N–H and O–H groups in total. The molecule has 1 fully saturated rings. The predicted octanol–water partition coefficient (Wildman–Crippen LogP) is 4.18. The third-order valence-electron chi connectivity index (χ3n) is 5.44. The van der Waals surface area contributed by atoms with Gasteiger partial charge in [-0.15, -0.1) is 0 Å². The first-order valence-electron chi connectivity index (χ1n) is 9.46. The number of phenols is 1. The van der Waals surface area contributed by atoms with Gasteiger partial charge in [0.15, 0.2) is 0 Å². The summed E-state index contributed by atoms with van der Waals surface area (Å²) in [6.07, 6.45) is 0. The van der Waals surface area contributed by atoms with Gasteiger partial charge in [-0.2, -0.15) is 0 Å². The summed E-state index contributed by atoms with van der Waals surface area (Å²) >= 11 is 0. The topological polar surface area (TPSA) is 35.9 Å². The van der Waals surface area contributed by atoms with Gasteiger partial charge >= 0.3 is 0 Å². The van der Waals surface area contributed by atoms with Crippen molar-refractivity contribution in [1.82, 2.24) is 4.90 Å². The van der Waals surface area contributed by atoms with Crippen LogP contribution in [-0.2, 0) is 6.54 Å². The third kappa shape index (κ3) is 3.71. The molecule has 4 heteroatoms. The SMILES string of the molecule is COc1ccc2ccc(O)c(CN3CCN(c4cccc(C)c4)CC3)c2c1. The minimum atomic E-state index is 0.358. The van der Waals surface area contributed by atoms with E-state index in [0.29, 0.717) is 5.75 Å². The molecule has 0 spiro atoms. The smallest absolute Gasteiger partial charge is 0.120 e. The molecule has 0 saturated carbocycles. The average molecular weight is 362 g/mol. The number of rotatable bonds is 4. The van der Waals surface area contributed by atoms with Crippen LogP contribution >= 0.6 is 0 Å². The van der Waals surface area contributed by atoms with Crippen molar-refractivity contribution in [2.24, 2.45) is 0 Å². The van der Waals surface area contributed by atoms with Crippen LogP contribution in [0.3, 0.4) is 0 Å². The zero-order valence-corrected chi connectivity index (χ0v) is 16.0. The molecule has 140 valence electrons. The molecular formula is C23H26N2O2. The minimum Gasteiger partial charge on any atom is -0.508 e. The van der Waals surface area contributed by atoms with Gasteiger partial charge in [0.25, 0.3) is 0 Å². The van der Waals surface area contributed by atoms with Crippen LogP contribution in [0.15, 0.2) is 54.6 Å². The summed E-state index contributed by atoms with van der Waals surface area (Å²) in [4.78, 5) is 4.86. The van der Waals surface area contributed by atoms with Crippen molar-refractivity contribution in [3.05, 3.63) is 65.7 Å². The number of fused-ring (bicyclic) bond motifs is 1. The van der Waals surface area contributed by atoms with Gasteiger partial charge in [-0.1, -0.05) is 24.3 Å². The number of anilines is 1.